The van der Waals surface area contributed by atoms with Gasteiger partial charge < -0.3 is 0 Å². The summed E-state index contributed by atoms with van der Waals surface area (Å²) in [5, 5.41) is 0. The third kappa shape index (κ3) is 7.84. The van der Waals surface area contributed by atoms with E-state index in [1.54, 1.807) is 0 Å². The van der Waals surface area contributed by atoms with Gasteiger partial charge in [0.15, 0.2) is 0 Å². The van der Waals surface area contributed by atoms with Crippen LogP contribution in [0.2, 0.25) is 0 Å². The molecule has 0 amide bonds. The largest absolute Gasteiger partial charge is 0.0651 e. The van der Waals surface area contributed by atoms with Crippen LogP contribution in [-0.2, 0) is 0 Å². The molecule has 0 aliphatic carbocycles. The number of rotatable bonds is 10. The van der Waals surface area contributed by atoms with Gasteiger partial charge in [-0.2, -0.15) is 0 Å². The molecule has 0 aliphatic rings. The van der Waals surface area contributed by atoms with Gasteiger partial charge in [0.1, 0.15) is 0 Å². The van der Waals surface area contributed by atoms with E-state index in [0.29, 0.717) is 0 Å². The summed E-state index contributed by atoms with van der Waals surface area (Å²) >= 11 is 0. The second-order valence-electron chi connectivity index (χ2n) is 6.39. The summed E-state index contributed by atoms with van der Waals surface area (Å²) in [5.74, 6) is 3.74. The van der Waals surface area contributed by atoms with E-state index in [4.69, 9.17) is 0 Å². The molecule has 0 spiro atoms. The van der Waals surface area contributed by atoms with Crippen molar-refractivity contribution in [2.75, 3.05) is 0 Å². The Hall–Kier alpha value is 0. The maximum absolute atomic E-state index is 2.43. The minimum atomic E-state index is 0.872. The molecule has 0 aromatic rings. The summed E-state index contributed by atoms with van der Waals surface area (Å²) in [6, 6.07) is 0. The first-order valence-corrected chi connectivity index (χ1v) is 8.04. The molecule has 3 atom stereocenters. The van der Waals surface area contributed by atoms with Gasteiger partial charge in [0, 0.05) is 0 Å². The predicted molar refractivity (Wildman–Crippen MR) is 80.3 cm³/mol. The summed E-state index contributed by atoms with van der Waals surface area (Å²) in [7, 11) is 0. The fourth-order valence-electron chi connectivity index (χ4n) is 3.05. The van der Waals surface area contributed by atoms with E-state index < -0.39 is 0 Å². The Bertz CT molecular complexity index is 159. The normalized spacial score (nSPS) is 17.1. The summed E-state index contributed by atoms with van der Waals surface area (Å²) in [5.41, 5.74) is 0. The third-order valence-electron chi connectivity index (χ3n) is 4.54. The van der Waals surface area contributed by atoms with E-state index >= 15 is 0 Å². The average Bonchev–Trinajstić information content (AvgIpc) is 2.31. The first-order chi connectivity index (χ1) is 8.04. The highest BCUT2D eigenvalue weighted by Crippen LogP contribution is 2.27. The van der Waals surface area contributed by atoms with Gasteiger partial charge in [0.25, 0.3) is 0 Å². The Morgan fingerprint density at radius 2 is 1.41 bits per heavy atom. The van der Waals surface area contributed by atoms with E-state index in [-0.39, 0.29) is 0 Å². The molecule has 0 aromatic carbocycles. The van der Waals surface area contributed by atoms with Gasteiger partial charge in [0.2, 0.25) is 0 Å². The monoisotopic (exact) mass is 240 g/mol. The topological polar surface area (TPSA) is 0 Å². The van der Waals surface area contributed by atoms with Crippen molar-refractivity contribution >= 4 is 0 Å². The first kappa shape index (κ1) is 17.0. The zero-order valence-corrected chi connectivity index (χ0v) is 13.3. The van der Waals surface area contributed by atoms with Crippen LogP contribution in [0.5, 0.6) is 0 Å². The molecule has 3 unspecified atom stereocenters. The number of hydrogen-bond donors (Lipinski definition) is 0. The minimum Gasteiger partial charge on any atom is -0.0651 e. The van der Waals surface area contributed by atoms with E-state index in [0.717, 1.165) is 23.7 Å². The molecule has 0 aromatic heterocycles. The molecule has 0 aliphatic heterocycles. The highest BCUT2D eigenvalue weighted by molar-refractivity contribution is 4.66. The van der Waals surface area contributed by atoms with E-state index in [1.165, 1.54) is 44.9 Å². The van der Waals surface area contributed by atoms with Crippen LogP contribution in [0.1, 0.15) is 86.5 Å². The maximum Gasteiger partial charge on any atom is -0.0391 e. The molecule has 0 heteroatoms. The molecule has 0 radical (unpaired) electrons. The van der Waals surface area contributed by atoms with Gasteiger partial charge >= 0.3 is 0 Å². The SMILES string of the molecule is CCC(CCCC(CC)C(C)CC)CC(C)C. The summed E-state index contributed by atoms with van der Waals surface area (Å²) in [6.45, 7) is 14.2. The first-order valence-electron chi connectivity index (χ1n) is 8.04. The van der Waals surface area contributed by atoms with Crippen molar-refractivity contribution in [2.24, 2.45) is 23.7 Å². The molecule has 0 N–H and O–H groups in total. The lowest BCUT2D eigenvalue weighted by atomic mass is 9.83. The molecule has 0 rings (SSSR count). The van der Waals surface area contributed by atoms with Crippen LogP contribution in [0.3, 0.4) is 0 Å². The van der Waals surface area contributed by atoms with Gasteiger partial charge in [-0.05, 0) is 30.1 Å². The van der Waals surface area contributed by atoms with Crippen LogP contribution in [-0.4, -0.2) is 0 Å². The smallest absolute Gasteiger partial charge is 0.0391 e. The fraction of sp³-hybridized carbons (Fsp3) is 1.00. The van der Waals surface area contributed by atoms with E-state index in [2.05, 4.69) is 41.5 Å². The van der Waals surface area contributed by atoms with Crippen LogP contribution in [0.15, 0.2) is 0 Å². The van der Waals surface area contributed by atoms with Crippen molar-refractivity contribution in [1.29, 1.82) is 0 Å². The van der Waals surface area contributed by atoms with Crippen LogP contribution in [0.4, 0.5) is 0 Å². The lowest BCUT2D eigenvalue weighted by Gasteiger charge is -2.23. The molecule has 0 heterocycles. The molecule has 0 saturated heterocycles. The van der Waals surface area contributed by atoms with Gasteiger partial charge in [-0.1, -0.05) is 80.1 Å². The van der Waals surface area contributed by atoms with Crippen molar-refractivity contribution in [3.8, 4) is 0 Å². The molecule has 0 bridgehead atoms. The van der Waals surface area contributed by atoms with Crippen molar-refractivity contribution in [1.82, 2.24) is 0 Å². The molecule has 17 heavy (non-hydrogen) atoms. The molecule has 0 fully saturated rings. The Labute approximate surface area is 111 Å². The lowest BCUT2D eigenvalue weighted by molar-refractivity contribution is 0.287. The third-order valence-corrected chi connectivity index (χ3v) is 4.54. The minimum absolute atomic E-state index is 0.872. The molecular formula is C17H36. The second-order valence-corrected chi connectivity index (χ2v) is 6.39. The Morgan fingerprint density at radius 3 is 1.82 bits per heavy atom. The standard InChI is InChI=1S/C17H36/c1-7-15(6)17(9-3)12-10-11-16(8-2)13-14(4)5/h14-17H,7-13H2,1-6H3. The summed E-state index contributed by atoms with van der Waals surface area (Å²) in [6.07, 6.45) is 9.89. The van der Waals surface area contributed by atoms with Crippen molar-refractivity contribution in [2.45, 2.75) is 86.5 Å². The number of hydrogen-bond acceptors (Lipinski definition) is 0. The van der Waals surface area contributed by atoms with Crippen LogP contribution < -0.4 is 0 Å². The van der Waals surface area contributed by atoms with E-state index in [9.17, 15) is 0 Å². The zero-order chi connectivity index (χ0) is 13.3. The summed E-state index contributed by atoms with van der Waals surface area (Å²) in [4.78, 5) is 0. The van der Waals surface area contributed by atoms with E-state index in [1.807, 2.05) is 0 Å². The molecule has 0 nitrogen and oxygen atoms in total. The average molecular weight is 240 g/mol. The maximum atomic E-state index is 2.43. The molecule has 0 saturated carbocycles. The van der Waals surface area contributed by atoms with Gasteiger partial charge in [-0.25, -0.2) is 0 Å². The van der Waals surface area contributed by atoms with Crippen LogP contribution in [0, 0.1) is 23.7 Å². The Balaban J connectivity index is 3.85. The Morgan fingerprint density at radius 1 is 0.765 bits per heavy atom. The quantitative estimate of drug-likeness (QED) is 0.420. The van der Waals surface area contributed by atoms with Crippen LogP contribution >= 0.6 is 0 Å². The predicted octanol–water partition coefficient (Wildman–Crippen LogP) is 6.30. The molecular weight excluding hydrogens is 204 g/mol. The van der Waals surface area contributed by atoms with Crippen LogP contribution in [0.25, 0.3) is 0 Å². The van der Waals surface area contributed by atoms with Gasteiger partial charge in [-0.15, -0.1) is 0 Å². The zero-order valence-electron chi connectivity index (χ0n) is 13.3. The Kier molecular flexibility index (Phi) is 9.97. The molecule has 104 valence electrons. The summed E-state index contributed by atoms with van der Waals surface area (Å²) < 4.78 is 0. The van der Waals surface area contributed by atoms with Crippen molar-refractivity contribution < 1.29 is 0 Å². The van der Waals surface area contributed by atoms with Gasteiger partial charge in [-0.3, -0.25) is 0 Å². The van der Waals surface area contributed by atoms with Crippen molar-refractivity contribution in [3.63, 3.8) is 0 Å². The highest BCUT2D eigenvalue weighted by Gasteiger charge is 2.15. The van der Waals surface area contributed by atoms with Crippen molar-refractivity contribution in [3.05, 3.63) is 0 Å². The highest BCUT2D eigenvalue weighted by atomic mass is 14.2. The second kappa shape index (κ2) is 9.97. The fourth-order valence-corrected chi connectivity index (χ4v) is 3.05. The lowest BCUT2D eigenvalue weighted by Crippen LogP contribution is -2.11. The van der Waals surface area contributed by atoms with Gasteiger partial charge in [0.05, 0.1) is 0 Å².